The van der Waals surface area contributed by atoms with Crippen LogP contribution in [0.3, 0.4) is 0 Å². The first-order valence-electron chi connectivity index (χ1n) is 18.7. The van der Waals surface area contributed by atoms with Gasteiger partial charge in [0, 0.05) is 18.2 Å². The van der Waals surface area contributed by atoms with E-state index in [-0.39, 0.29) is 11.9 Å². The van der Waals surface area contributed by atoms with Crippen molar-refractivity contribution in [2.75, 3.05) is 38.2 Å². The summed E-state index contributed by atoms with van der Waals surface area (Å²) in [6, 6.07) is 0. The van der Waals surface area contributed by atoms with Crippen molar-refractivity contribution < 1.29 is 19.1 Å². The molecule has 0 atom stereocenters. The molecule has 0 spiro atoms. The molecule has 43 heavy (non-hydrogen) atoms. The predicted molar refractivity (Wildman–Crippen MR) is 188 cm³/mol. The van der Waals surface area contributed by atoms with Gasteiger partial charge in [0.05, 0.1) is 13.2 Å². The van der Waals surface area contributed by atoms with Gasteiger partial charge in [-0.25, -0.2) is 0 Å². The first kappa shape index (κ1) is 42.4. The van der Waals surface area contributed by atoms with E-state index in [2.05, 4.69) is 34.7 Å². The predicted octanol–water partition coefficient (Wildman–Crippen LogP) is 11.3. The van der Waals surface area contributed by atoms with E-state index in [1.165, 1.54) is 142 Å². The maximum absolute atomic E-state index is 11.9. The lowest BCUT2D eigenvalue weighted by Crippen LogP contribution is -2.27. The van der Waals surface area contributed by atoms with Gasteiger partial charge in [-0.15, -0.1) is 0 Å². The van der Waals surface area contributed by atoms with E-state index in [9.17, 15) is 9.59 Å². The number of alkyl halides is 1. The number of carbonyl (C=O) groups excluding carboxylic acids is 2. The van der Waals surface area contributed by atoms with E-state index in [4.69, 9.17) is 9.47 Å². The largest absolute Gasteiger partial charge is 0.466 e. The topological polar surface area (TPSA) is 55.8 Å². The second-order valence-electron chi connectivity index (χ2n) is 12.6. The number of ether oxygens (including phenoxy) is 2. The monoisotopic (exact) mass is 673 g/mol. The van der Waals surface area contributed by atoms with Crippen molar-refractivity contribution in [3.05, 3.63) is 0 Å². The van der Waals surface area contributed by atoms with Gasteiger partial charge in [-0.2, -0.15) is 0 Å². The SMILES string of the molecule is CCCCCCCCCOC(=O)CCCCCCCN(CCCBr)CCCCCCCC(=O)OCCCCCCCCC. The Bertz CT molecular complexity index is 543. The molecule has 0 aliphatic heterocycles. The Morgan fingerprint density at radius 3 is 1.16 bits per heavy atom. The van der Waals surface area contributed by atoms with Crippen LogP contribution in [0.4, 0.5) is 0 Å². The van der Waals surface area contributed by atoms with Crippen LogP contribution < -0.4 is 0 Å². The number of carbonyl (C=O) groups is 2. The number of esters is 2. The number of rotatable bonds is 35. The summed E-state index contributed by atoms with van der Waals surface area (Å²) in [6.45, 7) is 9.22. The highest BCUT2D eigenvalue weighted by Gasteiger charge is 2.07. The third-order valence-corrected chi connectivity index (χ3v) is 8.90. The summed E-state index contributed by atoms with van der Waals surface area (Å²) in [5.41, 5.74) is 0. The highest BCUT2D eigenvalue weighted by Crippen LogP contribution is 2.12. The molecule has 0 heterocycles. The number of nitrogens with zero attached hydrogens (tertiary/aromatic N) is 1. The third-order valence-electron chi connectivity index (χ3n) is 8.34. The first-order valence-corrected chi connectivity index (χ1v) is 19.9. The molecular formula is C37H72BrNO4. The van der Waals surface area contributed by atoms with Crippen LogP contribution in [0.2, 0.25) is 0 Å². The summed E-state index contributed by atoms with van der Waals surface area (Å²) in [5.74, 6) is -0.0173. The Kier molecular flexibility index (Phi) is 35.3. The molecule has 256 valence electrons. The first-order chi connectivity index (χ1) is 21.1. The lowest BCUT2D eigenvalue weighted by Gasteiger charge is -2.22. The molecule has 0 aromatic heterocycles. The molecule has 0 N–H and O–H groups in total. The summed E-state index contributed by atoms with van der Waals surface area (Å²) in [4.78, 5) is 26.5. The quantitative estimate of drug-likeness (QED) is 0.0380. The molecule has 0 bridgehead atoms. The summed E-state index contributed by atoms with van der Waals surface area (Å²) in [6.07, 6.45) is 31.4. The van der Waals surface area contributed by atoms with Crippen LogP contribution in [0, 0.1) is 0 Å². The van der Waals surface area contributed by atoms with Gasteiger partial charge in [-0.3, -0.25) is 9.59 Å². The van der Waals surface area contributed by atoms with Crippen LogP contribution in [0.1, 0.15) is 187 Å². The maximum Gasteiger partial charge on any atom is 0.305 e. The van der Waals surface area contributed by atoms with Gasteiger partial charge in [0.2, 0.25) is 0 Å². The van der Waals surface area contributed by atoms with Crippen molar-refractivity contribution in [1.29, 1.82) is 0 Å². The Morgan fingerprint density at radius 2 is 0.767 bits per heavy atom. The van der Waals surface area contributed by atoms with Crippen LogP contribution in [0.5, 0.6) is 0 Å². The fraction of sp³-hybridized carbons (Fsp3) is 0.946. The molecule has 0 saturated carbocycles. The maximum atomic E-state index is 11.9. The van der Waals surface area contributed by atoms with Crippen LogP contribution in [0.15, 0.2) is 0 Å². The molecule has 0 unspecified atom stereocenters. The summed E-state index contributed by atoms with van der Waals surface area (Å²) in [5, 5.41) is 1.06. The average Bonchev–Trinajstić information content (AvgIpc) is 3.01. The molecule has 0 saturated heterocycles. The van der Waals surface area contributed by atoms with Gasteiger partial charge in [0.15, 0.2) is 0 Å². The standard InChI is InChI=1S/C37H72BrNO4/c1-3-5-7-9-11-19-25-34-42-36(40)28-21-15-13-17-23-31-39(33-27-30-38)32-24-18-14-16-22-29-37(41)43-35-26-20-12-10-8-6-4-2/h3-35H2,1-2H3. The second-order valence-corrected chi connectivity index (χ2v) is 13.4. The minimum Gasteiger partial charge on any atom is -0.466 e. The van der Waals surface area contributed by atoms with Crippen molar-refractivity contribution >= 4 is 27.9 Å². The highest BCUT2D eigenvalue weighted by molar-refractivity contribution is 9.09. The van der Waals surface area contributed by atoms with Crippen molar-refractivity contribution in [3.8, 4) is 0 Å². The van der Waals surface area contributed by atoms with E-state index in [0.717, 1.165) is 43.9 Å². The van der Waals surface area contributed by atoms with Crippen molar-refractivity contribution in [1.82, 2.24) is 4.90 Å². The second kappa shape index (κ2) is 35.9. The minimum absolute atomic E-state index is 0.00864. The van der Waals surface area contributed by atoms with E-state index in [0.29, 0.717) is 26.1 Å². The van der Waals surface area contributed by atoms with Crippen molar-refractivity contribution in [3.63, 3.8) is 0 Å². The van der Waals surface area contributed by atoms with Gasteiger partial charge in [0.1, 0.15) is 0 Å². The summed E-state index contributed by atoms with van der Waals surface area (Å²) in [7, 11) is 0. The van der Waals surface area contributed by atoms with Crippen LogP contribution in [-0.2, 0) is 19.1 Å². The molecular weight excluding hydrogens is 602 g/mol. The van der Waals surface area contributed by atoms with Crippen molar-refractivity contribution in [2.24, 2.45) is 0 Å². The zero-order valence-electron chi connectivity index (χ0n) is 28.8. The molecule has 0 aromatic rings. The Hall–Kier alpha value is -0.620. The van der Waals surface area contributed by atoms with Gasteiger partial charge in [-0.05, 0) is 64.6 Å². The Labute approximate surface area is 276 Å². The summed E-state index contributed by atoms with van der Waals surface area (Å²) < 4.78 is 10.8. The fourth-order valence-corrected chi connectivity index (χ4v) is 5.77. The average molecular weight is 675 g/mol. The Balaban J connectivity index is 3.63. The number of unbranched alkanes of at least 4 members (excludes halogenated alkanes) is 20. The molecule has 0 radical (unpaired) electrons. The molecule has 0 aromatic carbocycles. The van der Waals surface area contributed by atoms with E-state index in [1.807, 2.05) is 0 Å². The van der Waals surface area contributed by atoms with Crippen LogP contribution in [0.25, 0.3) is 0 Å². The number of hydrogen-bond acceptors (Lipinski definition) is 5. The van der Waals surface area contributed by atoms with Gasteiger partial charge in [0.25, 0.3) is 0 Å². The minimum atomic E-state index is -0.00864. The molecule has 0 aliphatic rings. The molecule has 0 rings (SSSR count). The fourth-order valence-electron chi connectivity index (χ4n) is 5.52. The molecule has 0 aliphatic carbocycles. The Morgan fingerprint density at radius 1 is 0.442 bits per heavy atom. The summed E-state index contributed by atoms with van der Waals surface area (Å²) >= 11 is 3.59. The van der Waals surface area contributed by atoms with E-state index in [1.54, 1.807) is 0 Å². The highest BCUT2D eigenvalue weighted by atomic mass is 79.9. The van der Waals surface area contributed by atoms with Crippen LogP contribution in [-0.4, -0.2) is 55.0 Å². The molecule has 6 heteroatoms. The van der Waals surface area contributed by atoms with Gasteiger partial charge < -0.3 is 14.4 Å². The third kappa shape index (κ3) is 34.1. The van der Waals surface area contributed by atoms with Gasteiger partial charge >= 0.3 is 11.9 Å². The van der Waals surface area contributed by atoms with E-state index < -0.39 is 0 Å². The van der Waals surface area contributed by atoms with Crippen LogP contribution >= 0.6 is 15.9 Å². The smallest absolute Gasteiger partial charge is 0.305 e. The molecule has 0 amide bonds. The normalized spacial score (nSPS) is 11.3. The zero-order valence-corrected chi connectivity index (χ0v) is 30.4. The molecule has 0 fully saturated rings. The van der Waals surface area contributed by atoms with E-state index >= 15 is 0 Å². The van der Waals surface area contributed by atoms with Crippen molar-refractivity contribution in [2.45, 2.75) is 187 Å². The molecule has 5 nitrogen and oxygen atoms in total. The zero-order chi connectivity index (χ0) is 31.5. The lowest BCUT2D eigenvalue weighted by molar-refractivity contribution is -0.144. The lowest BCUT2D eigenvalue weighted by atomic mass is 10.1. The van der Waals surface area contributed by atoms with Gasteiger partial charge in [-0.1, -0.05) is 145 Å². The number of halogens is 1. The number of hydrogen-bond donors (Lipinski definition) is 0.